The van der Waals surface area contributed by atoms with Crippen LogP contribution in [0, 0.1) is 0 Å². The van der Waals surface area contributed by atoms with Gasteiger partial charge in [0.15, 0.2) is 12.6 Å². The first-order valence-corrected chi connectivity index (χ1v) is 6.57. The molecular formula is C12H22O6. The molecule has 6 nitrogen and oxygen atoms in total. The minimum atomic E-state index is -0.00396. The van der Waals surface area contributed by atoms with Crippen LogP contribution in [0.4, 0.5) is 0 Å². The molecule has 2 aliphatic rings. The number of rotatable bonds is 11. The molecule has 0 aromatic carbocycles. The van der Waals surface area contributed by atoms with Gasteiger partial charge in [-0.1, -0.05) is 0 Å². The lowest BCUT2D eigenvalue weighted by molar-refractivity contribution is -0.221. The fourth-order valence-electron chi connectivity index (χ4n) is 1.49. The fraction of sp³-hybridized carbons (Fsp3) is 1.00. The SMILES string of the molecule is C(COCCOC1CCO1)OCCOC1CCO1. The van der Waals surface area contributed by atoms with Gasteiger partial charge in [0.1, 0.15) is 0 Å². The summed E-state index contributed by atoms with van der Waals surface area (Å²) in [6.07, 6.45) is 1.98. The fourth-order valence-corrected chi connectivity index (χ4v) is 1.49. The van der Waals surface area contributed by atoms with Crippen molar-refractivity contribution in [1.29, 1.82) is 0 Å². The summed E-state index contributed by atoms with van der Waals surface area (Å²) in [7, 11) is 0. The lowest BCUT2D eigenvalue weighted by Gasteiger charge is -2.26. The molecule has 0 saturated carbocycles. The van der Waals surface area contributed by atoms with Crippen LogP contribution >= 0.6 is 0 Å². The summed E-state index contributed by atoms with van der Waals surface area (Å²) in [6.45, 7) is 5.09. The zero-order chi connectivity index (χ0) is 12.5. The number of hydrogen-bond donors (Lipinski definition) is 0. The minimum Gasteiger partial charge on any atom is -0.377 e. The Morgan fingerprint density at radius 1 is 0.667 bits per heavy atom. The van der Waals surface area contributed by atoms with Crippen LogP contribution in [0.3, 0.4) is 0 Å². The summed E-state index contributed by atoms with van der Waals surface area (Å²) in [4.78, 5) is 0. The Bertz CT molecular complexity index is 183. The van der Waals surface area contributed by atoms with E-state index in [4.69, 9.17) is 28.4 Å². The van der Waals surface area contributed by atoms with E-state index in [2.05, 4.69) is 0 Å². The second-order valence-electron chi connectivity index (χ2n) is 4.14. The average Bonchev–Trinajstić information content (AvgIpc) is 2.26. The van der Waals surface area contributed by atoms with E-state index in [1.165, 1.54) is 0 Å². The topological polar surface area (TPSA) is 55.4 Å². The molecule has 0 amide bonds. The zero-order valence-electron chi connectivity index (χ0n) is 10.7. The van der Waals surface area contributed by atoms with Crippen molar-refractivity contribution in [3.63, 3.8) is 0 Å². The van der Waals surface area contributed by atoms with Crippen LogP contribution in [-0.2, 0) is 28.4 Å². The van der Waals surface area contributed by atoms with E-state index >= 15 is 0 Å². The summed E-state index contributed by atoms with van der Waals surface area (Å²) in [5, 5.41) is 0. The lowest BCUT2D eigenvalue weighted by atomic mass is 10.3. The Labute approximate surface area is 107 Å². The summed E-state index contributed by atoms with van der Waals surface area (Å²) >= 11 is 0. The van der Waals surface area contributed by atoms with Crippen LogP contribution in [0.5, 0.6) is 0 Å². The highest BCUT2D eigenvalue weighted by atomic mass is 16.7. The molecule has 2 aliphatic heterocycles. The molecule has 0 aliphatic carbocycles. The van der Waals surface area contributed by atoms with Crippen LogP contribution in [0.25, 0.3) is 0 Å². The highest BCUT2D eigenvalue weighted by Gasteiger charge is 2.18. The Morgan fingerprint density at radius 3 is 1.39 bits per heavy atom. The van der Waals surface area contributed by atoms with E-state index in [1.807, 2.05) is 0 Å². The van der Waals surface area contributed by atoms with Crippen molar-refractivity contribution in [1.82, 2.24) is 0 Å². The average molecular weight is 262 g/mol. The summed E-state index contributed by atoms with van der Waals surface area (Å²) < 4.78 is 31.6. The van der Waals surface area contributed by atoms with Gasteiger partial charge in [-0.2, -0.15) is 0 Å². The van der Waals surface area contributed by atoms with Crippen molar-refractivity contribution in [2.45, 2.75) is 25.4 Å². The normalized spacial score (nSPS) is 26.7. The molecule has 2 atom stereocenters. The molecule has 0 aromatic rings. The van der Waals surface area contributed by atoms with E-state index in [-0.39, 0.29) is 12.6 Å². The molecule has 0 spiro atoms. The third-order valence-electron chi connectivity index (χ3n) is 2.75. The first-order chi connectivity index (χ1) is 8.95. The molecule has 2 unspecified atom stereocenters. The van der Waals surface area contributed by atoms with Gasteiger partial charge in [0, 0.05) is 12.8 Å². The van der Waals surface area contributed by atoms with Gasteiger partial charge < -0.3 is 28.4 Å². The second kappa shape index (κ2) is 8.79. The minimum absolute atomic E-state index is 0.00396. The highest BCUT2D eigenvalue weighted by Crippen LogP contribution is 2.11. The van der Waals surface area contributed by atoms with Gasteiger partial charge in [-0.15, -0.1) is 0 Å². The van der Waals surface area contributed by atoms with Gasteiger partial charge in [-0.05, 0) is 0 Å². The molecule has 2 fully saturated rings. The molecule has 0 radical (unpaired) electrons. The van der Waals surface area contributed by atoms with Crippen LogP contribution in [0.1, 0.15) is 12.8 Å². The summed E-state index contributed by atoms with van der Waals surface area (Å²) in [5.74, 6) is 0. The highest BCUT2D eigenvalue weighted by molar-refractivity contribution is 4.54. The van der Waals surface area contributed by atoms with Gasteiger partial charge >= 0.3 is 0 Å². The molecule has 2 rings (SSSR count). The summed E-state index contributed by atoms with van der Waals surface area (Å²) in [5.41, 5.74) is 0. The maximum Gasteiger partial charge on any atom is 0.159 e. The predicted molar refractivity (Wildman–Crippen MR) is 62.3 cm³/mol. The monoisotopic (exact) mass is 262 g/mol. The van der Waals surface area contributed by atoms with E-state index in [0.717, 1.165) is 26.1 Å². The first-order valence-electron chi connectivity index (χ1n) is 6.57. The van der Waals surface area contributed by atoms with Gasteiger partial charge in [0.05, 0.1) is 52.9 Å². The Kier molecular flexibility index (Phi) is 6.92. The Morgan fingerprint density at radius 2 is 1.06 bits per heavy atom. The Hall–Kier alpha value is -0.240. The molecule has 2 heterocycles. The van der Waals surface area contributed by atoms with Crippen molar-refractivity contribution in [2.24, 2.45) is 0 Å². The standard InChI is InChI=1S/C12H22O6/c1-3-15-11(1)17-9-7-13-5-6-14-8-10-18-12-2-4-16-12/h11-12H,1-10H2. The van der Waals surface area contributed by atoms with Crippen LogP contribution in [0.15, 0.2) is 0 Å². The summed E-state index contributed by atoms with van der Waals surface area (Å²) in [6, 6.07) is 0. The first kappa shape index (κ1) is 14.2. The van der Waals surface area contributed by atoms with E-state index in [9.17, 15) is 0 Å². The predicted octanol–water partition coefficient (Wildman–Crippen LogP) is 0.546. The molecule has 0 aromatic heterocycles. The van der Waals surface area contributed by atoms with Crippen LogP contribution < -0.4 is 0 Å². The van der Waals surface area contributed by atoms with Crippen molar-refractivity contribution in [3.05, 3.63) is 0 Å². The van der Waals surface area contributed by atoms with Crippen molar-refractivity contribution >= 4 is 0 Å². The maximum atomic E-state index is 5.35. The van der Waals surface area contributed by atoms with Gasteiger partial charge in [0.2, 0.25) is 0 Å². The van der Waals surface area contributed by atoms with Gasteiger partial charge in [-0.25, -0.2) is 0 Å². The van der Waals surface area contributed by atoms with Crippen molar-refractivity contribution in [3.8, 4) is 0 Å². The van der Waals surface area contributed by atoms with Crippen LogP contribution in [-0.4, -0.2) is 65.4 Å². The van der Waals surface area contributed by atoms with E-state index in [1.54, 1.807) is 0 Å². The number of hydrogen-bond acceptors (Lipinski definition) is 6. The quantitative estimate of drug-likeness (QED) is 0.507. The third kappa shape index (κ3) is 5.60. The van der Waals surface area contributed by atoms with Crippen molar-refractivity contribution < 1.29 is 28.4 Å². The van der Waals surface area contributed by atoms with E-state index < -0.39 is 0 Å². The smallest absolute Gasteiger partial charge is 0.159 e. The maximum absolute atomic E-state index is 5.35. The molecule has 18 heavy (non-hydrogen) atoms. The van der Waals surface area contributed by atoms with Crippen molar-refractivity contribution in [2.75, 3.05) is 52.9 Å². The molecular weight excluding hydrogens is 240 g/mol. The molecule has 0 bridgehead atoms. The van der Waals surface area contributed by atoms with E-state index in [0.29, 0.717) is 39.6 Å². The third-order valence-corrected chi connectivity index (χ3v) is 2.75. The van der Waals surface area contributed by atoms with Gasteiger partial charge in [0.25, 0.3) is 0 Å². The largest absolute Gasteiger partial charge is 0.377 e. The Balaban J connectivity index is 1.23. The second-order valence-corrected chi connectivity index (χ2v) is 4.14. The van der Waals surface area contributed by atoms with Crippen LogP contribution in [0.2, 0.25) is 0 Å². The van der Waals surface area contributed by atoms with Gasteiger partial charge in [-0.3, -0.25) is 0 Å². The molecule has 2 saturated heterocycles. The number of ether oxygens (including phenoxy) is 6. The zero-order valence-corrected chi connectivity index (χ0v) is 10.7. The molecule has 106 valence electrons. The molecule has 0 N–H and O–H groups in total. The molecule has 6 heteroatoms. The lowest BCUT2D eigenvalue weighted by Crippen LogP contribution is -2.31.